The number of hydrogen-bond donors (Lipinski definition) is 1. The first-order chi connectivity index (χ1) is 21.4. The van der Waals surface area contributed by atoms with Gasteiger partial charge in [-0.2, -0.15) is 0 Å². The Labute approximate surface area is 276 Å². The molecule has 0 amide bonds. The maximum absolute atomic E-state index is 11.1. The van der Waals surface area contributed by atoms with E-state index >= 15 is 0 Å². The zero-order valence-electron chi connectivity index (χ0n) is 25.2. The van der Waals surface area contributed by atoms with Crippen LogP contribution >= 0.6 is 0 Å². The third-order valence-corrected chi connectivity index (χ3v) is 8.55. The number of pyridine rings is 2. The van der Waals surface area contributed by atoms with Crippen molar-refractivity contribution in [3.63, 3.8) is 0 Å². The molecule has 3 aromatic heterocycles. The number of rotatable bonds is 3. The van der Waals surface area contributed by atoms with Gasteiger partial charge in [0.25, 0.3) is 0 Å². The number of para-hydroxylation sites is 2. The maximum Gasteiger partial charge on any atom is 0.149 e. The van der Waals surface area contributed by atoms with E-state index in [1.807, 2.05) is 24.4 Å². The predicted molar refractivity (Wildman–Crippen MR) is 181 cm³/mol. The van der Waals surface area contributed by atoms with Crippen molar-refractivity contribution in [1.29, 1.82) is 0 Å². The fourth-order valence-electron chi connectivity index (χ4n) is 6.30. The van der Waals surface area contributed by atoms with Crippen LogP contribution < -0.4 is 0 Å². The Balaban J connectivity index is 0.00000325. The van der Waals surface area contributed by atoms with Crippen LogP contribution in [0.25, 0.3) is 71.9 Å². The number of phenolic OH excluding ortho intramolecular Hbond substituents is 1. The second-order valence-corrected chi connectivity index (χ2v) is 12.4. The van der Waals surface area contributed by atoms with Crippen LogP contribution in [0.1, 0.15) is 26.3 Å². The normalized spacial score (nSPS) is 11.8. The Kier molecular flexibility index (Phi) is 7.06. The van der Waals surface area contributed by atoms with E-state index in [9.17, 15) is 5.11 Å². The number of hydrogen-bond acceptors (Lipinski definition) is 3. The molecule has 0 saturated heterocycles. The second-order valence-electron chi connectivity index (χ2n) is 12.4. The number of imidazole rings is 1. The van der Waals surface area contributed by atoms with Gasteiger partial charge in [-0.1, -0.05) is 111 Å². The molecule has 8 rings (SSSR count). The zero-order chi connectivity index (χ0) is 30.0. The fourth-order valence-corrected chi connectivity index (χ4v) is 6.30. The van der Waals surface area contributed by atoms with Crippen LogP contribution in [0.2, 0.25) is 0 Å². The molecule has 4 nitrogen and oxygen atoms in total. The first kappa shape index (κ1) is 28.9. The predicted octanol–water partition coefficient (Wildman–Crippen LogP) is 9.99. The molecule has 0 bridgehead atoms. The molecule has 3 heterocycles. The minimum atomic E-state index is -0.0966. The smallest absolute Gasteiger partial charge is 0.149 e. The van der Waals surface area contributed by atoms with Gasteiger partial charge in [-0.25, -0.2) is 4.98 Å². The van der Waals surface area contributed by atoms with Crippen molar-refractivity contribution in [1.82, 2.24) is 14.4 Å². The molecule has 0 saturated carbocycles. The van der Waals surface area contributed by atoms with E-state index in [0.717, 1.165) is 71.9 Å². The van der Waals surface area contributed by atoms with Crippen molar-refractivity contribution in [2.75, 3.05) is 0 Å². The van der Waals surface area contributed by atoms with Gasteiger partial charge in [0.15, 0.2) is 0 Å². The van der Waals surface area contributed by atoms with E-state index in [0.29, 0.717) is 0 Å². The molecule has 0 aliphatic heterocycles. The molecule has 222 valence electrons. The van der Waals surface area contributed by atoms with E-state index in [1.54, 1.807) is 6.07 Å². The Morgan fingerprint density at radius 2 is 1.40 bits per heavy atom. The van der Waals surface area contributed by atoms with E-state index in [1.165, 1.54) is 5.56 Å². The van der Waals surface area contributed by atoms with Crippen LogP contribution in [-0.4, -0.2) is 19.5 Å². The number of fused-ring (bicyclic) bond motifs is 8. The molecule has 5 aromatic carbocycles. The van der Waals surface area contributed by atoms with Gasteiger partial charge in [-0.15, -0.1) is 29.3 Å². The van der Waals surface area contributed by atoms with Crippen LogP contribution in [0.4, 0.5) is 0 Å². The number of nitrogens with zero attached hydrogens (tertiary/aromatic N) is 3. The SMILES string of the molecule is CC(C)(C)c1cc(-c2cc(-c3ccccc3)ccn2)[c-]c(-c2cccc3c2nc2c4c(O)cccc4c4ccccc4n32)c1.[Pt]. The summed E-state index contributed by atoms with van der Waals surface area (Å²) in [6, 6.07) is 43.1. The minimum absolute atomic E-state index is 0. The Bertz CT molecular complexity index is 2390. The number of aromatic hydroxyl groups is 1. The standard InChI is InChI=1S/C40H30N3O.Pt/c1-40(2,3)29-22-27(21-28(23-29)33-24-26(19-20-41-33)25-11-5-4-6-12-25)30-14-9-17-35-38(30)42-39-37-32(15-10-18-36(37)44)31-13-7-8-16-34(31)43(35)39;/h4-20,22-24,44H,1-3H3;/q-1;. The van der Waals surface area contributed by atoms with Crippen molar-refractivity contribution in [3.8, 4) is 39.3 Å². The molecule has 0 spiro atoms. The molecule has 0 aliphatic carbocycles. The summed E-state index contributed by atoms with van der Waals surface area (Å²) in [7, 11) is 0. The number of benzene rings is 5. The first-order valence-electron chi connectivity index (χ1n) is 14.9. The van der Waals surface area contributed by atoms with Crippen molar-refractivity contribution < 1.29 is 26.2 Å². The molecule has 0 radical (unpaired) electrons. The van der Waals surface area contributed by atoms with Crippen LogP contribution in [-0.2, 0) is 26.5 Å². The summed E-state index contributed by atoms with van der Waals surface area (Å²) in [6.07, 6.45) is 1.88. The quantitative estimate of drug-likeness (QED) is 0.144. The summed E-state index contributed by atoms with van der Waals surface area (Å²) < 4.78 is 2.18. The summed E-state index contributed by atoms with van der Waals surface area (Å²) in [5.41, 5.74) is 10.8. The third kappa shape index (κ3) is 4.81. The average Bonchev–Trinajstić information content (AvgIpc) is 3.45. The molecular formula is C40H30N3OPt-. The van der Waals surface area contributed by atoms with E-state index < -0.39 is 0 Å². The van der Waals surface area contributed by atoms with Gasteiger partial charge in [-0.05, 0) is 46.2 Å². The summed E-state index contributed by atoms with van der Waals surface area (Å²) >= 11 is 0. The van der Waals surface area contributed by atoms with Crippen LogP contribution in [0.5, 0.6) is 5.75 Å². The van der Waals surface area contributed by atoms with Crippen molar-refractivity contribution in [2.24, 2.45) is 0 Å². The molecule has 45 heavy (non-hydrogen) atoms. The van der Waals surface area contributed by atoms with E-state index in [4.69, 9.17) is 9.97 Å². The third-order valence-electron chi connectivity index (χ3n) is 8.55. The van der Waals surface area contributed by atoms with Crippen molar-refractivity contribution >= 4 is 38.4 Å². The molecule has 5 heteroatoms. The Morgan fingerprint density at radius 3 is 2.22 bits per heavy atom. The molecule has 1 N–H and O–H groups in total. The Hall–Kier alpha value is -4.79. The minimum Gasteiger partial charge on any atom is -0.507 e. The summed E-state index contributed by atoms with van der Waals surface area (Å²) in [6.45, 7) is 6.70. The first-order valence-corrected chi connectivity index (χ1v) is 14.9. The fraction of sp³-hybridized carbons (Fsp3) is 0.100. The number of aromatic nitrogens is 3. The molecular weight excluding hydrogens is 734 g/mol. The molecule has 0 unspecified atom stereocenters. The molecule has 0 atom stereocenters. The van der Waals surface area contributed by atoms with Gasteiger partial charge in [0.2, 0.25) is 0 Å². The van der Waals surface area contributed by atoms with Gasteiger partial charge >= 0.3 is 0 Å². The largest absolute Gasteiger partial charge is 0.507 e. The van der Waals surface area contributed by atoms with Crippen LogP contribution in [0.3, 0.4) is 0 Å². The topological polar surface area (TPSA) is 50.4 Å². The maximum atomic E-state index is 11.1. The zero-order valence-corrected chi connectivity index (χ0v) is 27.4. The van der Waals surface area contributed by atoms with Gasteiger partial charge in [0.1, 0.15) is 11.4 Å². The van der Waals surface area contributed by atoms with Crippen molar-refractivity contribution in [2.45, 2.75) is 26.2 Å². The molecule has 8 aromatic rings. The second kappa shape index (κ2) is 11.0. The average molecular weight is 764 g/mol. The summed E-state index contributed by atoms with van der Waals surface area (Å²) in [5.74, 6) is 0.225. The van der Waals surface area contributed by atoms with Gasteiger partial charge < -0.3 is 5.11 Å². The van der Waals surface area contributed by atoms with E-state index in [2.05, 4.69) is 122 Å². The molecule has 0 aliphatic rings. The van der Waals surface area contributed by atoms with Crippen LogP contribution in [0, 0.1) is 6.07 Å². The monoisotopic (exact) mass is 763 g/mol. The van der Waals surface area contributed by atoms with Gasteiger partial charge in [0.05, 0.1) is 21.9 Å². The van der Waals surface area contributed by atoms with Gasteiger partial charge in [0, 0.05) is 38.3 Å². The summed E-state index contributed by atoms with van der Waals surface area (Å²) in [5, 5.41) is 13.9. The van der Waals surface area contributed by atoms with Crippen LogP contribution in [0.15, 0.2) is 121 Å². The van der Waals surface area contributed by atoms with Gasteiger partial charge in [-0.3, -0.25) is 9.38 Å². The summed E-state index contributed by atoms with van der Waals surface area (Å²) in [4.78, 5) is 10.0. The molecule has 0 fully saturated rings. The Morgan fingerprint density at radius 1 is 0.689 bits per heavy atom. The van der Waals surface area contributed by atoms with E-state index in [-0.39, 0.29) is 32.2 Å². The number of phenols is 1. The van der Waals surface area contributed by atoms with Crippen molar-refractivity contribution in [3.05, 3.63) is 133 Å².